The Balaban J connectivity index is 2.24. The zero-order valence-corrected chi connectivity index (χ0v) is 13.9. The zero-order chi connectivity index (χ0) is 16.7. The summed E-state index contributed by atoms with van der Waals surface area (Å²) in [6.07, 6.45) is 0. The van der Waals surface area contributed by atoms with Crippen molar-refractivity contribution in [1.82, 2.24) is 10.2 Å². The SMILES string of the molecule is CCOc1nnc(OCC)c2c1cc(C)c1oc3ccccc3c12. The van der Waals surface area contributed by atoms with Gasteiger partial charge in [-0.25, -0.2) is 0 Å². The summed E-state index contributed by atoms with van der Waals surface area (Å²) >= 11 is 0. The van der Waals surface area contributed by atoms with Gasteiger partial charge in [0.1, 0.15) is 11.2 Å². The first-order chi connectivity index (χ1) is 11.7. The van der Waals surface area contributed by atoms with E-state index in [9.17, 15) is 0 Å². The van der Waals surface area contributed by atoms with Crippen molar-refractivity contribution in [2.45, 2.75) is 20.8 Å². The summed E-state index contributed by atoms with van der Waals surface area (Å²) in [6, 6.07) is 10.0. The Bertz CT molecular complexity index is 1050. The van der Waals surface area contributed by atoms with Crippen molar-refractivity contribution >= 4 is 32.7 Å². The Kier molecular flexibility index (Phi) is 3.49. The van der Waals surface area contributed by atoms with E-state index in [2.05, 4.69) is 16.3 Å². The zero-order valence-electron chi connectivity index (χ0n) is 13.9. The average molecular weight is 322 g/mol. The summed E-state index contributed by atoms with van der Waals surface area (Å²) in [7, 11) is 0. The normalized spacial score (nSPS) is 11.5. The topological polar surface area (TPSA) is 57.4 Å². The first kappa shape index (κ1) is 14.8. The Morgan fingerprint density at radius 3 is 2.42 bits per heavy atom. The summed E-state index contributed by atoms with van der Waals surface area (Å²) in [6.45, 7) is 6.94. The van der Waals surface area contributed by atoms with Gasteiger partial charge in [-0.15, -0.1) is 10.2 Å². The van der Waals surface area contributed by atoms with Gasteiger partial charge >= 0.3 is 0 Å². The van der Waals surface area contributed by atoms with Crippen molar-refractivity contribution < 1.29 is 13.9 Å². The third kappa shape index (κ3) is 2.08. The van der Waals surface area contributed by atoms with Gasteiger partial charge in [0.2, 0.25) is 11.8 Å². The molecule has 0 fully saturated rings. The monoisotopic (exact) mass is 322 g/mol. The van der Waals surface area contributed by atoms with Crippen molar-refractivity contribution in [3.8, 4) is 11.8 Å². The molecule has 5 nitrogen and oxygen atoms in total. The molecule has 122 valence electrons. The molecule has 0 amide bonds. The fourth-order valence-electron chi connectivity index (χ4n) is 3.13. The predicted octanol–water partition coefficient (Wildman–Crippen LogP) is 4.64. The van der Waals surface area contributed by atoms with Crippen LogP contribution in [0.2, 0.25) is 0 Å². The maximum absolute atomic E-state index is 6.08. The number of fused-ring (bicyclic) bond motifs is 5. The van der Waals surface area contributed by atoms with Crippen LogP contribution in [0.15, 0.2) is 34.7 Å². The van der Waals surface area contributed by atoms with Crippen LogP contribution in [0.25, 0.3) is 32.7 Å². The third-order valence-electron chi connectivity index (χ3n) is 4.07. The van der Waals surface area contributed by atoms with Gasteiger partial charge in [0.25, 0.3) is 0 Å². The fraction of sp³-hybridized carbons (Fsp3) is 0.263. The van der Waals surface area contributed by atoms with E-state index in [1.807, 2.05) is 45.0 Å². The van der Waals surface area contributed by atoms with Gasteiger partial charge in [0, 0.05) is 10.8 Å². The molecular formula is C19H18N2O3. The van der Waals surface area contributed by atoms with E-state index >= 15 is 0 Å². The first-order valence-electron chi connectivity index (χ1n) is 8.11. The maximum atomic E-state index is 6.08. The number of benzene rings is 2. The molecule has 4 aromatic rings. The van der Waals surface area contributed by atoms with E-state index in [-0.39, 0.29) is 0 Å². The van der Waals surface area contributed by atoms with Gasteiger partial charge in [-0.05, 0) is 38.5 Å². The minimum atomic E-state index is 0.507. The van der Waals surface area contributed by atoms with Gasteiger partial charge in [-0.1, -0.05) is 18.2 Å². The summed E-state index contributed by atoms with van der Waals surface area (Å²) in [5.41, 5.74) is 2.73. The molecule has 0 aliphatic rings. The Morgan fingerprint density at radius 1 is 0.917 bits per heavy atom. The van der Waals surface area contributed by atoms with Crippen LogP contribution in [-0.4, -0.2) is 23.4 Å². The molecule has 0 unspecified atom stereocenters. The number of rotatable bonds is 4. The van der Waals surface area contributed by atoms with Crippen LogP contribution in [0.1, 0.15) is 19.4 Å². The van der Waals surface area contributed by atoms with Crippen LogP contribution in [0.3, 0.4) is 0 Å². The molecule has 0 N–H and O–H groups in total. The molecule has 0 atom stereocenters. The number of nitrogens with zero attached hydrogens (tertiary/aromatic N) is 2. The molecule has 2 aromatic heterocycles. The van der Waals surface area contributed by atoms with Crippen molar-refractivity contribution in [3.63, 3.8) is 0 Å². The van der Waals surface area contributed by atoms with E-state index in [0.29, 0.717) is 25.0 Å². The lowest BCUT2D eigenvalue weighted by molar-refractivity contribution is 0.310. The van der Waals surface area contributed by atoms with E-state index in [1.54, 1.807) is 0 Å². The Morgan fingerprint density at radius 2 is 1.62 bits per heavy atom. The molecule has 0 spiro atoms. The third-order valence-corrected chi connectivity index (χ3v) is 4.07. The maximum Gasteiger partial charge on any atom is 0.242 e. The van der Waals surface area contributed by atoms with Gasteiger partial charge in [-0.3, -0.25) is 0 Å². The molecule has 4 rings (SSSR count). The second-order valence-electron chi connectivity index (χ2n) is 5.59. The number of hydrogen-bond donors (Lipinski definition) is 0. The number of aromatic nitrogens is 2. The standard InChI is InChI=1S/C19H18N2O3/c1-4-22-18-13-10-11(3)17-15(12-8-6-7-9-14(12)24-17)16(13)19(21-20-18)23-5-2/h6-10H,4-5H2,1-3H3. The smallest absolute Gasteiger partial charge is 0.242 e. The molecule has 24 heavy (non-hydrogen) atoms. The molecule has 2 aromatic carbocycles. The second-order valence-corrected chi connectivity index (χ2v) is 5.59. The molecule has 0 aliphatic heterocycles. The molecule has 2 heterocycles. The summed E-state index contributed by atoms with van der Waals surface area (Å²) in [5, 5.41) is 12.3. The molecule has 5 heteroatoms. The Labute approximate surface area is 139 Å². The highest BCUT2D eigenvalue weighted by Crippen LogP contribution is 2.41. The van der Waals surface area contributed by atoms with Crippen LogP contribution in [0.5, 0.6) is 11.8 Å². The molecule has 0 radical (unpaired) electrons. The van der Waals surface area contributed by atoms with Crippen LogP contribution in [0, 0.1) is 6.92 Å². The van der Waals surface area contributed by atoms with Gasteiger partial charge in [0.05, 0.1) is 24.0 Å². The lowest BCUT2D eigenvalue weighted by Gasteiger charge is -2.11. The quantitative estimate of drug-likeness (QED) is 0.548. The van der Waals surface area contributed by atoms with Crippen molar-refractivity contribution in [1.29, 1.82) is 0 Å². The van der Waals surface area contributed by atoms with Gasteiger partial charge in [0.15, 0.2) is 0 Å². The van der Waals surface area contributed by atoms with Crippen molar-refractivity contribution in [2.24, 2.45) is 0 Å². The lowest BCUT2D eigenvalue weighted by atomic mass is 10.0. The summed E-state index contributed by atoms with van der Waals surface area (Å²) in [4.78, 5) is 0. The average Bonchev–Trinajstić information content (AvgIpc) is 2.98. The van der Waals surface area contributed by atoms with E-state index < -0.39 is 0 Å². The van der Waals surface area contributed by atoms with E-state index in [4.69, 9.17) is 13.9 Å². The number of hydrogen-bond acceptors (Lipinski definition) is 5. The Hall–Kier alpha value is -2.82. The highest BCUT2D eigenvalue weighted by atomic mass is 16.5. The highest BCUT2D eigenvalue weighted by molar-refractivity contribution is 6.21. The van der Waals surface area contributed by atoms with Crippen LogP contribution >= 0.6 is 0 Å². The van der Waals surface area contributed by atoms with Crippen molar-refractivity contribution in [2.75, 3.05) is 13.2 Å². The number of aryl methyl sites for hydroxylation is 1. The predicted molar refractivity (Wildman–Crippen MR) is 93.9 cm³/mol. The number of para-hydroxylation sites is 1. The molecule has 0 bridgehead atoms. The summed E-state index contributed by atoms with van der Waals surface area (Å²) < 4.78 is 17.5. The number of ether oxygens (including phenoxy) is 2. The fourth-order valence-corrected chi connectivity index (χ4v) is 3.13. The van der Waals surface area contributed by atoms with Gasteiger partial charge in [-0.2, -0.15) is 0 Å². The lowest BCUT2D eigenvalue weighted by Crippen LogP contribution is -2.02. The largest absolute Gasteiger partial charge is 0.476 e. The van der Waals surface area contributed by atoms with Crippen LogP contribution < -0.4 is 9.47 Å². The molecular weight excluding hydrogens is 304 g/mol. The second kappa shape index (κ2) is 5.67. The molecule has 0 saturated carbocycles. The van der Waals surface area contributed by atoms with Crippen LogP contribution in [-0.2, 0) is 0 Å². The summed E-state index contributed by atoms with van der Waals surface area (Å²) in [5.74, 6) is 1.03. The van der Waals surface area contributed by atoms with Crippen LogP contribution in [0.4, 0.5) is 0 Å². The van der Waals surface area contributed by atoms with Crippen molar-refractivity contribution in [3.05, 3.63) is 35.9 Å². The van der Waals surface area contributed by atoms with E-state index in [1.165, 1.54) is 0 Å². The minimum Gasteiger partial charge on any atom is -0.476 e. The molecule has 0 aliphatic carbocycles. The van der Waals surface area contributed by atoms with Gasteiger partial charge < -0.3 is 13.9 Å². The van der Waals surface area contributed by atoms with E-state index in [0.717, 1.165) is 38.3 Å². The highest BCUT2D eigenvalue weighted by Gasteiger charge is 2.20. The molecule has 0 saturated heterocycles. The number of furan rings is 1. The minimum absolute atomic E-state index is 0.507. The first-order valence-corrected chi connectivity index (χ1v) is 8.11.